The second kappa shape index (κ2) is 6.13. The van der Waals surface area contributed by atoms with Crippen LogP contribution in [0.15, 0.2) is 12.1 Å². The van der Waals surface area contributed by atoms with E-state index in [0.717, 1.165) is 37.6 Å². The van der Waals surface area contributed by atoms with Gasteiger partial charge in [0.05, 0.1) is 17.6 Å². The molecule has 1 unspecified atom stereocenters. The van der Waals surface area contributed by atoms with Gasteiger partial charge in [-0.15, -0.1) is 0 Å². The highest BCUT2D eigenvalue weighted by Gasteiger charge is 2.49. The second-order valence-electron chi connectivity index (χ2n) is 8.37. The maximum absolute atomic E-state index is 12.3. The first kappa shape index (κ1) is 17.1. The molecular formula is C19H25N5O2. The van der Waals surface area contributed by atoms with Crippen molar-refractivity contribution in [3.63, 3.8) is 0 Å². The van der Waals surface area contributed by atoms with Crippen LogP contribution in [0.2, 0.25) is 0 Å². The van der Waals surface area contributed by atoms with Crippen LogP contribution in [-0.4, -0.2) is 60.3 Å². The first-order valence-electron chi connectivity index (χ1n) is 9.24. The molecule has 1 aromatic heterocycles. The normalized spacial score (nSPS) is 28.2. The maximum atomic E-state index is 12.3. The van der Waals surface area contributed by atoms with Crippen LogP contribution in [0, 0.1) is 11.3 Å². The number of ether oxygens (including phenoxy) is 1. The summed E-state index contributed by atoms with van der Waals surface area (Å²) in [5.74, 6) is 0.732. The molecule has 1 aromatic rings. The first-order valence-corrected chi connectivity index (χ1v) is 9.24. The molecule has 3 saturated heterocycles. The molecule has 0 saturated carbocycles. The van der Waals surface area contributed by atoms with E-state index in [1.54, 1.807) is 0 Å². The summed E-state index contributed by atoms with van der Waals surface area (Å²) in [6.07, 6.45) is 0.628. The van der Waals surface area contributed by atoms with Gasteiger partial charge >= 0.3 is 6.09 Å². The SMILES string of the molecule is CC(C)(C)c1ccc(C#N)c(N2CCC(N3C(=O)O[C@H]4CNC[C@H]43)C2)n1. The Morgan fingerprint density at radius 3 is 2.88 bits per heavy atom. The third-order valence-corrected chi connectivity index (χ3v) is 5.57. The van der Waals surface area contributed by atoms with E-state index in [2.05, 4.69) is 37.1 Å². The second-order valence-corrected chi connectivity index (χ2v) is 8.37. The molecule has 0 aromatic carbocycles. The number of nitriles is 1. The van der Waals surface area contributed by atoms with Crippen LogP contribution < -0.4 is 10.2 Å². The van der Waals surface area contributed by atoms with Crippen molar-refractivity contribution in [2.45, 2.75) is 50.8 Å². The summed E-state index contributed by atoms with van der Waals surface area (Å²) in [4.78, 5) is 21.2. The molecule has 26 heavy (non-hydrogen) atoms. The Hall–Kier alpha value is -2.33. The zero-order valence-corrected chi connectivity index (χ0v) is 15.5. The minimum Gasteiger partial charge on any atom is -0.442 e. The Morgan fingerprint density at radius 1 is 1.35 bits per heavy atom. The standard InChI is InChI=1S/C19H25N5O2/c1-19(2,3)16-5-4-12(8-20)17(22-16)23-7-6-13(11-23)24-14-9-21-10-15(14)26-18(24)25/h4-5,13-15,21H,6-7,9-11H2,1-3H3/t13?,14-,15+/m1/s1. The van der Waals surface area contributed by atoms with Gasteiger partial charge in [-0.05, 0) is 18.6 Å². The van der Waals surface area contributed by atoms with Gasteiger partial charge in [0.15, 0.2) is 0 Å². The maximum Gasteiger partial charge on any atom is 0.410 e. The molecule has 138 valence electrons. The molecule has 0 bridgehead atoms. The summed E-state index contributed by atoms with van der Waals surface area (Å²) in [5.41, 5.74) is 1.47. The molecule has 0 aliphatic carbocycles. The van der Waals surface area contributed by atoms with E-state index in [0.29, 0.717) is 12.1 Å². The molecular weight excluding hydrogens is 330 g/mol. The number of pyridine rings is 1. The minimum atomic E-state index is -0.203. The average molecular weight is 355 g/mol. The summed E-state index contributed by atoms with van der Waals surface area (Å²) in [6, 6.07) is 6.28. The van der Waals surface area contributed by atoms with Crippen LogP contribution in [0.1, 0.15) is 38.4 Å². The average Bonchev–Trinajstić information content (AvgIpc) is 3.29. The van der Waals surface area contributed by atoms with Crippen molar-refractivity contribution in [1.29, 1.82) is 5.26 Å². The van der Waals surface area contributed by atoms with Crippen LogP contribution >= 0.6 is 0 Å². The van der Waals surface area contributed by atoms with Crippen LogP contribution in [0.5, 0.6) is 0 Å². The van der Waals surface area contributed by atoms with Crippen molar-refractivity contribution in [2.75, 3.05) is 31.1 Å². The van der Waals surface area contributed by atoms with Crippen LogP contribution in [0.3, 0.4) is 0 Å². The number of aromatic nitrogens is 1. The van der Waals surface area contributed by atoms with Crippen LogP contribution in [0.25, 0.3) is 0 Å². The zero-order valence-electron chi connectivity index (χ0n) is 15.5. The Labute approximate surface area is 153 Å². The minimum absolute atomic E-state index is 0.0337. The molecule has 4 rings (SSSR count). The molecule has 3 fully saturated rings. The van der Waals surface area contributed by atoms with Crippen molar-refractivity contribution >= 4 is 11.9 Å². The largest absolute Gasteiger partial charge is 0.442 e. The van der Waals surface area contributed by atoms with Crippen molar-refractivity contribution < 1.29 is 9.53 Å². The van der Waals surface area contributed by atoms with E-state index in [1.165, 1.54) is 0 Å². The number of nitrogens with zero attached hydrogens (tertiary/aromatic N) is 4. The van der Waals surface area contributed by atoms with Gasteiger partial charge in [-0.25, -0.2) is 9.78 Å². The Kier molecular flexibility index (Phi) is 4.03. The third-order valence-electron chi connectivity index (χ3n) is 5.57. The van der Waals surface area contributed by atoms with Crippen molar-refractivity contribution in [1.82, 2.24) is 15.2 Å². The van der Waals surface area contributed by atoms with Crippen molar-refractivity contribution in [2.24, 2.45) is 0 Å². The number of hydrogen-bond donors (Lipinski definition) is 1. The van der Waals surface area contributed by atoms with E-state index in [9.17, 15) is 10.1 Å². The molecule has 3 aliphatic heterocycles. The molecule has 7 heteroatoms. The first-order chi connectivity index (χ1) is 12.4. The van der Waals surface area contributed by atoms with Gasteiger partial charge in [0.25, 0.3) is 0 Å². The number of carbonyl (C=O) groups is 1. The molecule has 1 amide bonds. The lowest BCUT2D eigenvalue weighted by molar-refractivity contribution is 0.129. The Morgan fingerprint density at radius 2 is 2.15 bits per heavy atom. The van der Waals surface area contributed by atoms with E-state index in [4.69, 9.17) is 9.72 Å². The monoisotopic (exact) mass is 355 g/mol. The summed E-state index contributed by atoms with van der Waals surface area (Å²) in [6.45, 7) is 9.34. The quantitative estimate of drug-likeness (QED) is 0.868. The lowest BCUT2D eigenvalue weighted by atomic mass is 9.91. The number of amides is 1. The Bertz CT molecular complexity index is 766. The van der Waals surface area contributed by atoms with Gasteiger partial charge in [-0.1, -0.05) is 20.8 Å². The molecule has 4 heterocycles. The summed E-state index contributed by atoms with van der Waals surface area (Å²) in [7, 11) is 0. The summed E-state index contributed by atoms with van der Waals surface area (Å²) < 4.78 is 5.50. The fourth-order valence-corrected chi connectivity index (χ4v) is 4.14. The lowest BCUT2D eigenvalue weighted by Crippen LogP contribution is -2.46. The number of anilines is 1. The fourth-order valence-electron chi connectivity index (χ4n) is 4.14. The molecule has 0 spiro atoms. The molecule has 3 atom stereocenters. The number of nitrogens with one attached hydrogen (secondary N) is 1. The molecule has 1 N–H and O–H groups in total. The smallest absolute Gasteiger partial charge is 0.410 e. The van der Waals surface area contributed by atoms with Gasteiger partial charge in [0.1, 0.15) is 18.0 Å². The molecule has 7 nitrogen and oxygen atoms in total. The lowest BCUT2D eigenvalue weighted by Gasteiger charge is -2.27. The van der Waals surface area contributed by atoms with E-state index >= 15 is 0 Å². The van der Waals surface area contributed by atoms with E-state index in [-0.39, 0.29) is 29.7 Å². The summed E-state index contributed by atoms with van der Waals surface area (Å²) in [5, 5.41) is 12.8. The Balaban J connectivity index is 1.57. The topological polar surface area (TPSA) is 81.5 Å². The predicted molar refractivity (Wildman–Crippen MR) is 97.0 cm³/mol. The number of rotatable bonds is 2. The number of hydrogen-bond acceptors (Lipinski definition) is 6. The molecule has 0 radical (unpaired) electrons. The van der Waals surface area contributed by atoms with Gasteiger partial charge in [0.2, 0.25) is 0 Å². The van der Waals surface area contributed by atoms with Crippen LogP contribution in [-0.2, 0) is 10.2 Å². The van der Waals surface area contributed by atoms with Crippen molar-refractivity contribution in [3.05, 3.63) is 23.4 Å². The third kappa shape index (κ3) is 2.78. The van der Waals surface area contributed by atoms with E-state index in [1.807, 2.05) is 17.0 Å². The van der Waals surface area contributed by atoms with Crippen molar-refractivity contribution in [3.8, 4) is 6.07 Å². The fraction of sp³-hybridized carbons (Fsp3) is 0.632. The van der Waals surface area contributed by atoms with E-state index < -0.39 is 0 Å². The highest BCUT2D eigenvalue weighted by molar-refractivity contribution is 5.72. The highest BCUT2D eigenvalue weighted by Crippen LogP contribution is 2.32. The van der Waals surface area contributed by atoms with Gasteiger partial charge < -0.3 is 15.0 Å². The van der Waals surface area contributed by atoms with Gasteiger partial charge in [-0.3, -0.25) is 4.90 Å². The highest BCUT2D eigenvalue weighted by atomic mass is 16.6. The molecule has 3 aliphatic rings. The predicted octanol–water partition coefficient (Wildman–Crippen LogP) is 1.62. The van der Waals surface area contributed by atoms with Gasteiger partial charge in [0, 0.05) is 37.3 Å². The van der Waals surface area contributed by atoms with Gasteiger partial charge in [-0.2, -0.15) is 5.26 Å². The summed E-state index contributed by atoms with van der Waals surface area (Å²) >= 11 is 0. The number of carbonyl (C=O) groups excluding carboxylic acids is 1. The number of fused-ring (bicyclic) bond motifs is 1. The zero-order chi connectivity index (χ0) is 18.5. The van der Waals surface area contributed by atoms with Crippen LogP contribution in [0.4, 0.5) is 10.6 Å².